The summed E-state index contributed by atoms with van der Waals surface area (Å²) in [6.45, 7) is 8.04. The molecule has 13 nitrogen and oxygen atoms in total. The van der Waals surface area contributed by atoms with Crippen molar-refractivity contribution in [1.29, 1.82) is 0 Å². The second-order valence-corrected chi connectivity index (χ2v) is 13.1. The number of nitro groups is 1. The van der Waals surface area contributed by atoms with Crippen molar-refractivity contribution in [2.24, 2.45) is 11.8 Å². The van der Waals surface area contributed by atoms with Gasteiger partial charge in [-0.25, -0.2) is 0 Å². The van der Waals surface area contributed by atoms with Crippen LogP contribution in [-0.2, 0) is 0 Å². The van der Waals surface area contributed by atoms with Gasteiger partial charge in [-0.1, -0.05) is 47.0 Å². The van der Waals surface area contributed by atoms with Gasteiger partial charge in [-0.3, -0.25) is 24.5 Å². The molecule has 0 unspecified atom stereocenters. The van der Waals surface area contributed by atoms with Crippen molar-refractivity contribution in [3.63, 3.8) is 0 Å². The van der Waals surface area contributed by atoms with Crippen molar-refractivity contribution in [1.82, 2.24) is 5.32 Å². The second kappa shape index (κ2) is 18.0. The van der Waals surface area contributed by atoms with E-state index in [0.717, 1.165) is 31.7 Å². The molecule has 4 rings (SSSR count). The van der Waals surface area contributed by atoms with Gasteiger partial charge in [0.1, 0.15) is 18.1 Å². The van der Waals surface area contributed by atoms with E-state index < -0.39 is 16.7 Å². The molecule has 4 N–H and O–H groups in total. The van der Waals surface area contributed by atoms with E-state index in [0.29, 0.717) is 30.2 Å². The molecule has 0 radical (unpaired) electrons. The van der Waals surface area contributed by atoms with E-state index >= 15 is 0 Å². The Morgan fingerprint density at radius 1 is 0.740 bits per heavy atom. The Morgan fingerprint density at radius 2 is 1.22 bits per heavy atom. The van der Waals surface area contributed by atoms with Gasteiger partial charge in [-0.2, -0.15) is 0 Å². The molecule has 50 heavy (non-hydrogen) atoms. The van der Waals surface area contributed by atoms with Gasteiger partial charge in [0.25, 0.3) is 17.7 Å². The minimum absolute atomic E-state index is 0.0740. The van der Waals surface area contributed by atoms with Gasteiger partial charge in [0.2, 0.25) is 0 Å². The Balaban J connectivity index is 1.56. The summed E-state index contributed by atoms with van der Waals surface area (Å²) in [5.41, 5.74) is 1.08. The number of aliphatic hydroxyl groups excluding tert-OH is 1. The summed E-state index contributed by atoms with van der Waals surface area (Å²) in [7, 11) is 0. The molecule has 3 aromatic carbocycles. The van der Waals surface area contributed by atoms with Crippen LogP contribution in [0.3, 0.4) is 0 Å². The number of aliphatic hydroxyl groups is 1. The number of carbonyl (C=O) groups is 3. The third-order valence-corrected chi connectivity index (χ3v) is 7.84. The lowest BCUT2D eigenvalue weighted by atomic mass is 9.95. The van der Waals surface area contributed by atoms with Gasteiger partial charge in [0, 0.05) is 34.9 Å². The molecule has 3 amide bonds. The van der Waals surface area contributed by atoms with E-state index in [1.54, 1.807) is 18.2 Å². The summed E-state index contributed by atoms with van der Waals surface area (Å²) in [4.78, 5) is 50.6. The minimum atomic E-state index is -0.640. The number of hydrogen-bond acceptors (Lipinski definition) is 9. The number of benzene rings is 3. The van der Waals surface area contributed by atoms with Crippen molar-refractivity contribution in [3.05, 3.63) is 81.4 Å². The molecule has 3 aromatic rings. The molecule has 0 aromatic heterocycles. The topological polar surface area (TPSA) is 178 Å². The first kappa shape index (κ1) is 37.6. The van der Waals surface area contributed by atoms with Gasteiger partial charge in [-0.15, -0.1) is 0 Å². The molecule has 0 atom stereocenters. The van der Waals surface area contributed by atoms with Crippen molar-refractivity contribution in [3.8, 4) is 17.2 Å². The Hall–Kier alpha value is -5.17. The number of amides is 3. The van der Waals surface area contributed by atoms with Crippen molar-refractivity contribution < 1.29 is 38.6 Å². The number of anilines is 2. The molecule has 1 fully saturated rings. The predicted molar refractivity (Wildman–Crippen MR) is 189 cm³/mol. The maximum Gasteiger partial charge on any atom is 0.310 e. The number of carbonyl (C=O) groups excluding carboxylic acids is 3. The molecule has 1 aliphatic carbocycles. The van der Waals surface area contributed by atoms with Crippen molar-refractivity contribution >= 4 is 34.8 Å². The summed E-state index contributed by atoms with van der Waals surface area (Å²) in [6, 6.07) is 13.3. The number of ether oxygens (including phenoxy) is 3. The molecule has 1 aliphatic rings. The van der Waals surface area contributed by atoms with E-state index in [-0.39, 0.29) is 71.0 Å². The first-order valence-corrected chi connectivity index (χ1v) is 16.9. The molecule has 0 aliphatic heterocycles. The van der Waals surface area contributed by atoms with E-state index in [2.05, 4.69) is 16.0 Å². The third kappa shape index (κ3) is 10.7. The summed E-state index contributed by atoms with van der Waals surface area (Å²) in [5, 5.41) is 29.3. The van der Waals surface area contributed by atoms with Crippen LogP contribution in [0, 0.1) is 22.0 Å². The highest BCUT2D eigenvalue weighted by molar-refractivity contribution is 6.08. The zero-order chi connectivity index (χ0) is 36.2. The van der Waals surface area contributed by atoms with Gasteiger partial charge in [0.15, 0.2) is 5.75 Å². The molecule has 0 bridgehead atoms. The Morgan fingerprint density at radius 3 is 1.70 bits per heavy atom. The van der Waals surface area contributed by atoms with E-state index in [9.17, 15) is 24.5 Å². The second-order valence-electron chi connectivity index (χ2n) is 13.1. The number of nitrogens with zero attached hydrogens (tertiary/aromatic N) is 1. The van der Waals surface area contributed by atoms with Crippen LogP contribution in [0.15, 0.2) is 54.6 Å². The smallest absolute Gasteiger partial charge is 0.310 e. The average Bonchev–Trinajstić information content (AvgIpc) is 3.09. The Kier molecular flexibility index (Phi) is 13.6. The van der Waals surface area contributed by atoms with Crippen LogP contribution in [-0.4, -0.2) is 60.2 Å². The summed E-state index contributed by atoms with van der Waals surface area (Å²) >= 11 is 0. The fourth-order valence-electron chi connectivity index (χ4n) is 5.27. The summed E-state index contributed by atoms with van der Waals surface area (Å²) in [6.07, 6.45) is 5.29. The van der Waals surface area contributed by atoms with Gasteiger partial charge in [0.05, 0.1) is 36.1 Å². The fraction of sp³-hybridized carbons (Fsp3) is 0.432. The van der Waals surface area contributed by atoms with Crippen LogP contribution in [0.25, 0.3) is 0 Å². The standard InChI is InChI=1S/C37H46N4O9/c1-23(2)21-49-32-18-25(35(43)38-28-8-6-5-7-9-28)10-13-29(32)39-36(44)26-11-14-30(33(19-26)50-22-24(3)4)40-37(45)27-12-15-31(41(46)47)34(20-27)48-17-16-42/h10-15,18-20,23-24,28,42H,5-9,16-17,21-22H2,1-4H3,(H,38,43)(H,39,44)(H,40,45). The van der Waals surface area contributed by atoms with Crippen LogP contribution >= 0.6 is 0 Å². The maximum atomic E-state index is 13.6. The summed E-state index contributed by atoms with van der Waals surface area (Å²) in [5.74, 6) is -0.463. The normalized spacial score (nSPS) is 13.1. The first-order valence-electron chi connectivity index (χ1n) is 16.9. The van der Waals surface area contributed by atoms with Gasteiger partial charge < -0.3 is 35.3 Å². The zero-order valence-electron chi connectivity index (χ0n) is 29.0. The van der Waals surface area contributed by atoms with Gasteiger partial charge in [-0.05, 0) is 67.1 Å². The van der Waals surface area contributed by atoms with Crippen LogP contribution in [0.4, 0.5) is 17.1 Å². The molecule has 1 saturated carbocycles. The number of hydrogen-bond donors (Lipinski definition) is 4. The van der Waals surface area contributed by atoms with Crippen LogP contribution in [0.2, 0.25) is 0 Å². The molecule has 0 saturated heterocycles. The molecule has 268 valence electrons. The van der Waals surface area contributed by atoms with E-state index in [1.165, 1.54) is 36.8 Å². The number of nitro benzene ring substituents is 1. The van der Waals surface area contributed by atoms with Gasteiger partial charge >= 0.3 is 5.69 Å². The molecule has 13 heteroatoms. The number of rotatable bonds is 16. The van der Waals surface area contributed by atoms with Crippen LogP contribution < -0.4 is 30.2 Å². The van der Waals surface area contributed by atoms with Crippen LogP contribution in [0.5, 0.6) is 17.2 Å². The fourth-order valence-corrected chi connectivity index (χ4v) is 5.27. The highest BCUT2D eigenvalue weighted by Gasteiger charge is 2.22. The molecular formula is C37H46N4O9. The number of nitrogens with one attached hydrogen (secondary N) is 3. The lowest BCUT2D eigenvalue weighted by Crippen LogP contribution is -2.36. The zero-order valence-corrected chi connectivity index (χ0v) is 29.0. The highest BCUT2D eigenvalue weighted by Crippen LogP contribution is 2.32. The molecular weight excluding hydrogens is 644 g/mol. The maximum absolute atomic E-state index is 13.6. The Bertz CT molecular complexity index is 1670. The lowest BCUT2D eigenvalue weighted by molar-refractivity contribution is -0.385. The predicted octanol–water partition coefficient (Wildman–Crippen LogP) is 6.60. The molecule has 0 spiro atoms. The van der Waals surface area contributed by atoms with Crippen LogP contribution in [0.1, 0.15) is 90.9 Å². The highest BCUT2D eigenvalue weighted by atomic mass is 16.6. The molecule has 0 heterocycles. The third-order valence-electron chi connectivity index (χ3n) is 7.84. The summed E-state index contributed by atoms with van der Waals surface area (Å²) < 4.78 is 17.3. The minimum Gasteiger partial charge on any atom is -0.491 e. The average molecular weight is 691 g/mol. The van der Waals surface area contributed by atoms with E-state index in [4.69, 9.17) is 19.3 Å². The van der Waals surface area contributed by atoms with Crippen molar-refractivity contribution in [2.75, 3.05) is 37.1 Å². The van der Waals surface area contributed by atoms with Crippen molar-refractivity contribution in [2.45, 2.75) is 65.8 Å². The monoisotopic (exact) mass is 690 g/mol. The first-order chi connectivity index (χ1) is 23.9. The quantitative estimate of drug-likeness (QED) is 0.0952. The Labute approximate surface area is 291 Å². The largest absolute Gasteiger partial charge is 0.491 e. The van der Waals surface area contributed by atoms with E-state index in [1.807, 2.05) is 27.7 Å². The lowest BCUT2D eigenvalue weighted by Gasteiger charge is -2.23. The SMILES string of the molecule is CC(C)COc1cc(C(=O)Nc2ccc(C(=O)NC3CCCCC3)cc2OCC(C)C)ccc1NC(=O)c1ccc([N+](=O)[O-])c(OCCO)c1.